The van der Waals surface area contributed by atoms with Gasteiger partial charge in [0.1, 0.15) is 11.6 Å². The Labute approximate surface area is 194 Å². The van der Waals surface area contributed by atoms with Crippen LogP contribution in [0.25, 0.3) is 17.0 Å². The topological polar surface area (TPSA) is 64.7 Å². The summed E-state index contributed by atoms with van der Waals surface area (Å²) in [6.07, 6.45) is 0. The number of para-hydroxylation sites is 2. The van der Waals surface area contributed by atoms with Gasteiger partial charge in [0.2, 0.25) is 5.95 Å². The Morgan fingerprint density at radius 2 is 1.76 bits per heavy atom. The lowest BCUT2D eigenvalue weighted by atomic mass is 10.2. The summed E-state index contributed by atoms with van der Waals surface area (Å²) in [5.74, 6) is 0.329. The van der Waals surface area contributed by atoms with Crippen LogP contribution in [-0.2, 0) is 6.54 Å². The molecule has 0 aliphatic heterocycles. The third-order valence-corrected chi connectivity index (χ3v) is 5.54. The first-order valence-corrected chi connectivity index (χ1v) is 10.7. The zero-order valence-electron chi connectivity index (χ0n) is 17.7. The van der Waals surface area contributed by atoms with Crippen molar-refractivity contribution in [3.05, 3.63) is 107 Å². The highest BCUT2D eigenvalue weighted by molar-refractivity contribution is 6.30. The molecule has 5 rings (SSSR count). The molecule has 0 spiro atoms. The summed E-state index contributed by atoms with van der Waals surface area (Å²) in [5.41, 5.74) is 3.26. The number of imidazole rings is 1. The summed E-state index contributed by atoms with van der Waals surface area (Å²) < 4.78 is 17.9. The van der Waals surface area contributed by atoms with Crippen molar-refractivity contribution in [3.8, 4) is 5.95 Å². The van der Waals surface area contributed by atoms with E-state index in [1.165, 1.54) is 6.07 Å². The molecule has 0 aliphatic carbocycles. The number of rotatable bonds is 5. The smallest absolute Gasteiger partial charge is 0.256 e. The molecule has 0 saturated carbocycles. The molecule has 2 heterocycles. The molecule has 0 bridgehead atoms. The van der Waals surface area contributed by atoms with Crippen LogP contribution in [0.1, 0.15) is 21.6 Å². The van der Waals surface area contributed by atoms with Crippen molar-refractivity contribution in [3.63, 3.8) is 0 Å². The van der Waals surface area contributed by atoms with Gasteiger partial charge in [-0.25, -0.2) is 9.37 Å². The van der Waals surface area contributed by atoms with Gasteiger partial charge in [-0.2, -0.15) is 9.78 Å². The highest BCUT2D eigenvalue weighted by atomic mass is 35.5. The largest absolute Gasteiger partial charge is 0.306 e. The van der Waals surface area contributed by atoms with E-state index in [2.05, 4.69) is 10.4 Å². The summed E-state index contributed by atoms with van der Waals surface area (Å²) in [6, 6.07) is 22.6. The monoisotopic (exact) mass is 459 g/mol. The predicted molar refractivity (Wildman–Crippen MR) is 126 cm³/mol. The second kappa shape index (κ2) is 8.52. The molecule has 8 heteroatoms. The lowest BCUT2D eigenvalue weighted by Gasteiger charge is -2.12. The van der Waals surface area contributed by atoms with Gasteiger partial charge >= 0.3 is 0 Å². The number of amides is 1. The summed E-state index contributed by atoms with van der Waals surface area (Å²) >= 11 is 5.94. The van der Waals surface area contributed by atoms with Crippen molar-refractivity contribution in [2.24, 2.45) is 0 Å². The van der Waals surface area contributed by atoms with Gasteiger partial charge in [-0.05, 0) is 49.4 Å². The van der Waals surface area contributed by atoms with Gasteiger partial charge < -0.3 is 9.88 Å². The molecule has 5 aromatic rings. The van der Waals surface area contributed by atoms with E-state index in [0.29, 0.717) is 33.6 Å². The lowest BCUT2D eigenvalue weighted by molar-refractivity contribution is 0.102. The Morgan fingerprint density at radius 1 is 1.03 bits per heavy atom. The Morgan fingerprint density at radius 3 is 2.55 bits per heavy atom. The molecule has 0 unspecified atom stereocenters. The van der Waals surface area contributed by atoms with E-state index in [1.54, 1.807) is 53.2 Å². The van der Waals surface area contributed by atoms with Gasteiger partial charge in [0, 0.05) is 22.2 Å². The molecular weight excluding hydrogens is 441 g/mol. The minimum Gasteiger partial charge on any atom is -0.306 e. The first-order valence-electron chi connectivity index (χ1n) is 10.3. The molecule has 0 aliphatic rings. The number of nitrogens with zero attached hydrogens (tertiary/aromatic N) is 4. The molecule has 0 fully saturated rings. The minimum absolute atomic E-state index is 0.256. The van der Waals surface area contributed by atoms with E-state index in [1.807, 2.05) is 35.8 Å². The number of carbonyl (C=O) groups is 1. The van der Waals surface area contributed by atoms with E-state index in [-0.39, 0.29) is 18.3 Å². The SMILES string of the molecule is Cc1cc(NC(=O)c2ccc(Cl)cc2)n(-c2nc3ccccc3n2Cc2ccccc2F)n1. The van der Waals surface area contributed by atoms with E-state index < -0.39 is 0 Å². The van der Waals surface area contributed by atoms with Crippen molar-refractivity contribution in [2.75, 3.05) is 5.32 Å². The van der Waals surface area contributed by atoms with E-state index >= 15 is 0 Å². The molecule has 1 N–H and O–H groups in total. The van der Waals surface area contributed by atoms with Crippen molar-refractivity contribution < 1.29 is 9.18 Å². The van der Waals surface area contributed by atoms with Crippen LogP contribution in [0.3, 0.4) is 0 Å². The molecular formula is C25H19ClFN5O. The number of benzene rings is 3. The van der Waals surface area contributed by atoms with Gasteiger partial charge in [0.05, 0.1) is 23.3 Å². The number of aromatic nitrogens is 4. The van der Waals surface area contributed by atoms with Crippen LogP contribution in [0.2, 0.25) is 5.02 Å². The van der Waals surface area contributed by atoms with Gasteiger partial charge in [-0.15, -0.1) is 0 Å². The van der Waals surface area contributed by atoms with E-state index in [4.69, 9.17) is 16.6 Å². The number of nitrogens with one attached hydrogen (secondary N) is 1. The van der Waals surface area contributed by atoms with Gasteiger partial charge in [0.25, 0.3) is 5.91 Å². The zero-order valence-corrected chi connectivity index (χ0v) is 18.4. The number of fused-ring (bicyclic) bond motifs is 1. The summed E-state index contributed by atoms with van der Waals surface area (Å²) in [7, 11) is 0. The number of hydrogen-bond donors (Lipinski definition) is 1. The Balaban J connectivity index is 1.59. The fourth-order valence-corrected chi connectivity index (χ4v) is 3.83. The van der Waals surface area contributed by atoms with E-state index in [9.17, 15) is 9.18 Å². The van der Waals surface area contributed by atoms with Crippen molar-refractivity contribution in [1.82, 2.24) is 19.3 Å². The highest BCUT2D eigenvalue weighted by Gasteiger charge is 2.19. The van der Waals surface area contributed by atoms with Crippen LogP contribution in [0.4, 0.5) is 10.2 Å². The average molecular weight is 460 g/mol. The second-order valence-corrected chi connectivity index (χ2v) is 8.06. The summed E-state index contributed by atoms with van der Waals surface area (Å²) in [4.78, 5) is 17.6. The highest BCUT2D eigenvalue weighted by Crippen LogP contribution is 2.25. The third kappa shape index (κ3) is 4.10. The Bertz CT molecular complexity index is 1470. The number of anilines is 1. The molecule has 2 aromatic heterocycles. The van der Waals surface area contributed by atoms with Crippen molar-refractivity contribution in [2.45, 2.75) is 13.5 Å². The average Bonchev–Trinajstić information content (AvgIpc) is 3.35. The van der Waals surface area contributed by atoms with Crippen LogP contribution >= 0.6 is 11.6 Å². The van der Waals surface area contributed by atoms with Crippen molar-refractivity contribution >= 4 is 34.4 Å². The fraction of sp³-hybridized carbons (Fsp3) is 0.0800. The molecule has 0 atom stereocenters. The molecule has 1 amide bonds. The van der Waals surface area contributed by atoms with Gasteiger partial charge in [-0.1, -0.05) is 41.9 Å². The van der Waals surface area contributed by atoms with Crippen LogP contribution < -0.4 is 5.32 Å². The molecule has 0 saturated heterocycles. The number of hydrogen-bond acceptors (Lipinski definition) is 3. The van der Waals surface area contributed by atoms with Crippen LogP contribution in [0.15, 0.2) is 78.9 Å². The van der Waals surface area contributed by atoms with Gasteiger partial charge in [-0.3, -0.25) is 4.79 Å². The first-order chi connectivity index (χ1) is 16.0. The number of aryl methyl sites for hydroxylation is 1. The maximum atomic E-state index is 14.5. The first kappa shape index (κ1) is 20.9. The lowest BCUT2D eigenvalue weighted by Crippen LogP contribution is -2.17. The Kier molecular flexibility index (Phi) is 5.40. The second-order valence-electron chi connectivity index (χ2n) is 7.62. The van der Waals surface area contributed by atoms with Crippen LogP contribution in [0, 0.1) is 12.7 Å². The third-order valence-electron chi connectivity index (χ3n) is 5.29. The molecule has 3 aromatic carbocycles. The normalized spacial score (nSPS) is 11.1. The standard InChI is InChI=1S/C25H19ClFN5O/c1-16-14-23(29-24(33)17-10-12-19(26)13-11-17)32(30-16)25-28-21-8-4-5-9-22(21)31(25)15-18-6-2-3-7-20(18)27/h2-14H,15H2,1H3,(H,29,33). The molecule has 164 valence electrons. The van der Waals surface area contributed by atoms with Crippen LogP contribution in [0.5, 0.6) is 0 Å². The maximum Gasteiger partial charge on any atom is 0.256 e. The van der Waals surface area contributed by atoms with Gasteiger partial charge in [0.15, 0.2) is 0 Å². The number of carbonyl (C=O) groups excluding carboxylic acids is 1. The fourth-order valence-electron chi connectivity index (χ4n) is 3.71. The maximum absolute atomic E-state index is 14.5. The molecule has 6 nitrogen and oxygen atoms in total. The minimum atomic E-state index is -0.301. The quantitative estimate of drug-likeness (QED) is 0.371. The van der Waals surface area contributed by atoms with Crippen molar-refractivity contribution in [1.29, 1.82) is 0 Å². The zero-order chi connectivity index (χ0) is 22.9. The van der Waals surface area contributed by atoms with E-state index in [0.717, 1.165) is 11.0 Å². The summed E-state index contributed by atoms with van der Waals surface area (Å²) in [5, 5.41) is 8.02. The number of halogens is 2. The van der Waals surface area contributed by atoms with Crippen LogP contribution in [-0.4, -0.2) is 25.2 Å². The molecule has 33 heavy (non-hydrogen) atoms. The predicted octanol–water partition coefficient (Wildman–Crippen LogP) is 5.62. The Hall–Kier alpha value is -3.97. The molecule has 0 radical (unpaired) electrons. The summed E-state index contributed by atoms with van der Waals surface area (Å²) in [6.45, 7) is 2.09.